The molecule has 0 aliphatic rings. The maximum absolute atomic E-state index is 11.3. The maximum atomic E-state index is 11.3. The summed E-state index contributed by atoms with van der Waals surface area (Å²) < 4.78 is 27.8. The van der Waals surface area contributed by atoms with E-state index in [0.717, 1.165) is 6.26 Å². The summed E-state index contributed by atoms with van der Waals surface area (Å²) in [6.45, 7) is 0.0136. The molecule has 0 saturated carbocycles. The van der Waals surface area contributed by atoms with Crippen LogP contribution in [0.4, 0.5) is 0 Å². The molecule has 0 aromatic heterocycles. The van der Waals surface area contributed by atoms with E-state index in [1.54, 1.807) is 24.3 Å². The fourth-order valence-corrected chi connectivity index (χ4v) is 1.84. The van der Waals surface area contributed by atoms with E-state index in [1.165, 1.54) is 12.1 Å². The summed E-state index contributed by atoms with van der Waals surface area (Å²) in [6, 6.07) is 8.01. The first kappa shape index (κ1) is 15.7. The molecule has 0 aliphatic carbocycles. The predicted octanol–water partition coefficient (Wildman–Crippen LogP) is 1.45. The van der Waals surface area contributed by atoms with Crippen molar-refractivity contribution in [2.75, 3.05) is 12.9 Å². The van der Waals surface area contributed by atoms with E-state index >= 15 is 0 Å². The topological polar surface area (TPSA) is 104 Å². The van der Waals surface area contributed by atoms with Crippen LogP contribution in [-0.4, -0.2) is 32.4 Å². The van der Waals surface area contributed by atoms with Crippen molar-refractivity contribution in [2.24, 2.45) is 0 Å². The Hall–Kier alpha value is -2.33. The molecule has 1 N–H and O–H groups in total. The van der Waals surface area contributed by atoms with Crippen LogP contribution in [0, 0.1) is 11.3 Å². The van der Waals surface area contributed by atoms with Crippen LogP contribution in [0.5, 0.6) is 5.75 Å². The van der Waals surface area contributed by atoms with Gasteiger partial charge in [-0.1, -0.05) is 12.1 Å². The number of hydrogen-bond donors (Lipinski definition) is 1. The minimum absolute atomic E-state index is 0.0136. The molecule has 0 radical (unpaired) electrons. The molecule has 0 aliphatic heterocycles. The maximum Gasteiger partial charge on any atom is 0.306 e. The number of hydrogen-bond acceptors (Lipinski definition) is 5. The van der Waals surface area contributed by atoms with Gasteiger partial charge in [-0.3, -0.25) is 4.79 Å². The summed E-state index contributed by atoms with van der Waals surface area (Å²) >= 11 is 0. The molecule has 0 saturated heterocycles. The van der Waals surface area contributed by atoms with Crippen LogP contribution in [0.25, 0.3) is 6.08 Å². The van der Waals surface area contributed by atoms with Crippen LogP contribution in [0.1, 0.15) is 12.0 Å². The van der Waals surface area contributed by atoms with Gasteiger partial charge in [-0.25, -0.2) is 8.42 Å². The predicted molar refractivity (Wildman–Crippen MR) is 72.6 cm³/mol. The van der Waals surface area contributed by atoms with Crippen molar-refractivity contribution in [1.29, 1.82) is 5.26 Å². The highest BCUT2D eigenvalue weighted by Gasteiger charge is 2.10. The average molecular weight is 295 g/mol. The summed E-state index contributed by atoms with van der Waals surface area (Å²) in [7, 11) is -3.57. The quantitative estimate of drug-likeness (QED) is 0.796. The largest absolute Gasteiger partial charge is 0.493 e. The van der Waals surface area contributed by atoms with Gasteiger partial charge in [0.15, 0.2) is 9.84 Å². The van der Waals surface area contributed by atoms with Crippen LogP contribution in [0.2, 0.25) is 0 Å². The van der Waals surface area contributed by atoms with Gasteiger partial charge in [-0.05, 0) is 23.8 Å². The Kier molecular flexibility index (Phi) is 5.29. The number of allylic oxidation sites excluding steroid dienone is 1. The summed E-state index contributed by atoms with van der Waals surface area (Å²) in [5, 5.41) is 17.3. The summed E-state index contributed by atoms with van der Waals surface area (Å²) in [5.74, 6) is -0.560. The molecule has 20 heavy (non-hydrogen) atoms. The molecule has 0 fully saturated rings. The highest BCUT2D eigenvalue weighted by atomic mass is 32.2. The van der Waals surface area contributed by atoms with Crippen molar-refractivity contribution in [1.82, 2.24) is 0 Å². The number of carboxylic acid groups (broad SMARTS) is 1. The Labute approximate surface area is 116 Å². The molecule has 7 heteroatoms. The van der Waals surface area contributed by atoms with Crippen LogP contribution >= 0.6 is 0 Å². The van der Waals surface area contributed by atoms with Crippen LogP contribution in [0.15, 0.2) is 29.2 Å². The normalized spacial score (nSPS) is 11.7. The number of carboxylic acids is 1. The first-order chi connectivity index (χ1) is 9.32. The van der Waals surface area contributed by atoms with Gasteiger partial charge < -0.3 is 9.84 Å². The first-order valence-corrected chi connectivity index (χ1v) is 7.48. The molecule has 6 nitrogen and oxygen atoms in total. The van der Waals surface area contributed by atoms with E-state index in [1.807, 2.05) is 0 Å². The lowest BCUT2D eigenvalue weighted by Gasteiger charge is -2.05. The van der Waals surface area contributed by atoms with Gasteiger partial charge in [-0.2, -0.15) is 5.26 Å². The Morgan fingerprint density at radius 1 is 1.50 bits per heavy atom. The standard InChI is InChI=1S/C13H13NO5S/c1-20(17,18)12(9-14)8-10-3-2-4-11(7-10)19-6-5-13(15)16/h2-4,7-8H,5-6H2,1H3,(H,15,16). The zero-order valence-electron chi connectivity index (χ0n) is 10.7. The van der Waals surface area contributed by atoms with E-state index in [4.69, 9.17) is 15.1 Å². The molecule has 0 heterocycles. The van der Waals surface area contributed by atoms with Crippen molar-refractivity contribution in [3.05, 3.63) is 34.7 Å². The van der Waals surface area contributed by atoms with E-state index in [9.17, 15) is 13.2 Å². The Morgan fingerprint density at radius 2 is 2.20 bits per heavy atom. The fraction of sp³-hybridized carbons (Fsp3) is 0.231. The van der Waals surface area contributed by atoms with Crippen molar-refractivity contribution in [2.45, 2.75) is 6.42 Å². The number of sulfone groups is 1. The lowest BCUT2D eigenvalue weighted by molar-refractivity contribution is -0.137. The molecule has 1 aromatic carbocycles. The second-order valence-electron chi connectivity index (χ2n) is 3.96. The lowest BCUT2D eigenvalue weighted by Crippen LogP contribution is -2.04. The summed E-state index contributed by atoms with van der Waals surface area (Å²) in [5.41, 5.74) is 0.486. The van der Waals surface area contributed by atoms with Crippen LogP contribution in [-0.2, 0) is 14.6 Å². The molecule has 0 amide bonds. The number of aliphatic carboxylic acids is 1. The third-order valence-corrected chi connectivity index (χ3v) is 3.26. The number of carbonyl (C=O) groups is 1. The number of nitriles is 1. The van der Waals surface area contributed by atoms with E-state index in [-0.39, 0.29) is 17.9 Å². The molecular weight excluding hydrogens is 282 g/mol. The third kappa shape index (κ3) is 5.12. The minimum Gasteiger partial charge on any atom is -0.493 e. The number of nitrogens with zero attached hydrogens (tertiary/aromatic N) is 1. The molecule has 1 aromatic rings. The van der Waals surface area contributed by atoms with Crippen molar-refractivity contribution < 1.29 is 23.1 Å². The van der Waals surface area contributed by atoms with Gasteiger partial charge in [0.05, 0.1) is 13.0 Å². The fourth-order valence-electron chi connectivity index (χ4n) is 1.32. The minimum atomic E-state index is -3.57. The molecule has 106 valence electrons. The average Bonchev–Trinajstić information content (AvgIpc) is 2.34. The van der Waals surface area contributed by atoms with Gasteiger partial charge in [0.1, 0.15) is 16.7 Å². The lowest BCUT2D eigenvalue weighted by atomic mass is 10.2. The van der Waals surface area contributed by atoms with E-state index < -0.39 is 15.8 Å². The number of benzene rings is 1. The van der Waals surface area contributed by atoms with Gasteiger partial charge in [-0.15, -0.1) is 0 Å². The molecule has 1 rings (SSSR count). The van der Waals surface area contributed by atoms with Crippen LogP contribution < -0.4 is 4.74 Å². The highest BCUT2D eigenvalue weighted by Crippen LogP contribution is 2.17. The zero-order chi connectivity index (χ0) is 15.2. The molecule has 0 unspecified atom stereocenters. The van der Waals surface area contributed by atoms with E-state index in [0.29, 0.717) is 11.3 Å². The molecular formula is C13H13NO5S. The van der Waals surface area contributed by atoms with Crippen molar-refractivity contribution in [3.8, 4) is 11.8 Å². The monoisotopic (exact) mass is 295 g/mol. The zero-order valence-corrected chi connectivity index (χ0v) is 11.6. The molecule has 0 spiro atoms. The number of ether oxygens (including phenoxy) is 1. The summed E-state index contributed by atoms with van der Waals surface area (Å²) in [4.78, 5) is 10.0. The summed E-state index contributed by atoms with van der Waals surface area (Å²) in [6.07, 6.45) is 2.06. The number of rotatable bonds is 6. The Morgan fingerprint density at radius 3 is 2.75 bits per heavy atom. The Bertz CT molecular complexity index is 670. The smallest absolute Gasteiger partial charge is 0.306 e. The highest BCUT2D eigenvalue weighted by molar-refractivity contribution is 7.95. The Balaban J connectivity index is 2.91. The second-order valence-corrected chi connectivity index (χ2v) is 5.94. The second kappa shape index (κ2) is 6.73. The molecule has 0 bridgehead atoms. The van der Waals surface area contributed by atoms with Crippen LogP contribution in [0.3, 0.4) is 0 Å². The van der Waals surface area contributed by atoms with Gasteiger partial charge in [0, 0.05) is 6.26 Å². The van der Waals surface area contributed by atoms with Gasteiger partial charge in [0.2, 0.25) is 0 Å². The van der Waals surface area contributed by atoms with Gasteiger partial charge >= 0.3 is 5.97 Å². The van der Waals surface area contributed by atoms with Gasteiger partial charge in [0.25, 0.3) is 0 Å². The first-order valence-electron chi connectivity index (χ1n) is 5.59. The van der Waals surface area contributed by atoms with E-state index in [2.05, 4.69) is 0 Å². The van der Waals surface area contributed by atoms with Crippen molar-refractivity contribution >= 4 is 21.9 Å². The SMILES string of the molecule is CS(=O)(=O)C(C#N)=Cc1cccc(OCCC(=O)O)c1. The third-order valence-electron chi connectivity index (χ3n) is 2.25. The molecule has 0 atom stereocenters. The van der Waals surface area contributed by atoms with Crippen molar-refractivity contribution in [3.63, 3.8) is 0 Å².